The number of carboxylic acid groups (broad SMARTS) is 1. The van der Waals surface area contributed by atoms with Crippen molar-refractivity contribution in [1.82, 2.24) is 14.6 Å². The largest absolute Gasteiger partial charge is 0.481 e. The number of halogens is 1. The van der Waals surface area contributed by atoms with E-state index in [-0.39, 0.29) is 6.42 Å². The molecule has 3 rings (SSSR count). The summed E-state index contributed by atoms with van der Waals surface area (Å²) < 4.78 is 2.24. The molecule has 0 aliphatic heterocycles. The minimum Gasteiger partial charge on any atom is -0.481 e. The molecule has 2 N–H and O–H groups in total. The minimum atomic E-state index is -0.904. The molecule has 1 saturated carbocycles. The topological polar surface area (TPSA) is 79.5 Å². The van der Waals surface area contributed by atoms with Crippen molar-refractivity contribution in [2.45, 2.75) is 38.1 Å². The maximum Gasteiger partial charge on any atom is 0.309 e. The lowest BCUT2D eigenvalue weighted by molar-refractivity contribution is -0.136. The number of fused-ring (bicyclic) bond motifs is 1. The molecule has 1 aliphatic carbocycles. The predicted molar refractivity (Wildman–Crippen MR) is 77.9 cm³/mol. The van der Waals surface area contributed by atoms with E-state index in [0.29, 0.717) is 22.0 Å². The predicted octanol–water partition coefficient (Wildman–Crippen LogP) is 2.47. The first-order valence-corrected chi connectivity index (χ1v) is 7.45. The van der Waals surface area contributed by atoms with E-state index in [9.17, 15) is 4.79 Å². The van der Waals surface area contributed by atoms with E-state index in [2.05, 4.69) is 31.3 Å². The fourth-order valence-corrected chi connectivity index (χ4v) is 3.05. The molecule has 0 saturated heterocycles. The van der Waals surface area contributed by atoms with Gasteiger partial charge in [-0.15, -0.1) is 5.10 Å². The fourth-order valence-electron chi connectivity index (χ4n) is 2.56. The third-order valence-corrected chi connectivity index (χ3v) is 4.31. The van der Waals surface area contributed by atoms with Gasteiger partial charge in [-0.3, -0.25) is 4.79 Å². The average molecular weight is 339 g/mol. The standard InChI is InChI=1S/C13H15BrN4O2/c14-13-9(7-12(19)20)16-11-6-5-10(17-18(11)13)15-8-3-1-2-4-8/h5-6,8H,1-4,7H2,(H,15,17)(H,19,20). The van der Waals surface area contributed by atoms with Gasteiger partial charge in [0.25, 0.3) is 0 Å². The number of hydrogen-bond acceptors (Lipinski definition) is 4. The van der Waals surface area contributed by atoms with Crippen LogP contribution in [0.3, 0.4) is 0 Å². The van der Waals surface area contributed by atoms with Crippen molar-refractivity contribution in [3.05, 3.63) is 22.4 Å². The molecule has 0 aromatic carbocycles. The van der Waals surface area contributed by atoms with Gasteiger partial charge in [0, 0.05) is 6.04 Å². The normalized spacial score (nSPS) is 15.8. The van der Waals surface area contributed by atoms with E-state index in [4.69, 9.17) is 5.11 Å². The van der Waals surface area contributed by atoms with Crippen LogP contribution >= 0.6 is 15.9 Å². The Labute approximate surface area is 124 Å². The van der Waals surface area contributed by atoms with Crippen molar-refractivity contribution in [3.8, 4) is 0 Å². The smallest absolute Gasteiger partial charge is 0.309 e. The molecule has 6 nitrogen and oxygen atoms in total. The Morgan fingerprint density at radius 2 is 2.20 bits per heavy atom. The number of nitrogens with zero attached hydrogens (tertiary/aromatic N) is 3. The van der Waals surface area contributed by atoms with Gasteiger partial charge in [-0.05, 0) is 40.9 Å². The summed E-state index contributed by atoms with van der Waals surface area (Å²) in [4.78, 5) is 15.1. The van der Waals surface area contributed by atoms with E-state index in [1.165, 1.54) is 25.7 Å². The van der Waals surface area contributed by atoms with Gasteiger partial charge in [0.1, 0.15) is 10.4 Å². The molecule has 0 atom stereocenters. The zero-order chi connectivity index (χ0) is 14.1. The SMILES string of the molecule is O=C(O)Cc1nc2ccc(NC3CCCC3)nn2c1Br. The quantitative estimate of drug-likeness (QED) is 0.895. The Morgan fingerprint density at radius 3 is 2.90 bits per heavy atom. The molecule has 0 bridgehead atoms. The number of aromatic nitrogens is 3. The first-order valence-electron chi connectivity index (χ1n) is 6.66. The van der Waals surface area contributed by atoms with Gasteiger partial charge in [0.05, 0.1) is 12.1 Å². The van der Waals surface area contributed by atoms with Crippen LogP contribution in [0.2, 0.25) is 0 Å². The first-order chi connectivity index (χ1) is 9.63. The molecule has 106 valence electrons. The number of hydrogen-bond donors (Lipinski definition) is 2. The highest BCUT2D eigenvalue weighted by molar-refractivity contribution is 9.10. The summed E-state index contributed by atoms with van der Waals surface area (Å²) in [5.41, 5.74) is 1.13. The Bertz CT molecular complexity index is 649. The van der Waals surface area contributed by atoms with E-state index >= 15 is 0 Å². The molecule has 20 heavy (non-hydrogen) atoms. The summed E-state index contributed by atoms with van der Waals surface area (Å²) in [6, 6.07) is 4.22. The van der Waals surface area contributed by atoms with Gasteiger partial charge in [0.15, 0.2) is 5.65 Å². The molecule has 0 spiro atoms. The van der Waals surface area contributed by atoms with E-state index in [1.807, 2.05) is 12.1 Å². The van der Waals surface area contributed by atoms with Crippen LogP contribution < -0.4 is 5.32 Å². The molecule has 1 aliphatic rings. The molecular formula is C13H15BrN4O2. The van der Waals surface area contributed by atoms with E-state index in [0.717, 1.165) is 5.82 Å². The number of aliphatic carboxylic acids is 1. The Morgan fingerprint density at radius 1 is 1.45 bits per heavy atom. The molecule has 2 heterocycles. The summed E-state index contributed by atoms with van der Waals surface area (Å²) in [6.45, 7) is 0. The summed E-state index contributed by atoms with van der Waals surface area (Å²) in [5, 5.41) is 16.7. The summed E-state index contributed by atoms with van der Waals surface area (Å²) in [5.74, 6) is -0.109. The first kappa shape index (κ1) is 13.4. The average Bonchev–Trinajstić information content (AvgIpc) is 3.00. The molecule has 0 amide bonds. The van der Waals surface area contributed by atoms with E-state index < -0.39 is 5.97 Å². The van der Waals surface area contributed by atoms with Crippen LogP contribution in [-0.4, -0.2) is 31.7 Å². The lowest BCUT2D eigenvalue weighted by Gasteiger charge is -2.12. The maximum atomic E-state index is 10.8. The Kier molecular flexibility index (Phi) is 3.60. The van der Waals surface area contributed by atoms with Gasteiger partial charge in [-0.25, -0.2) is 9.50 Å². The number of rotatable bonds is 4. The second-order valence-corrected chi connectivity index (χ2v) is 5.79. The van der Waals surface area contributed by atoms with Gasteiger partial charge in [-0.1, -0.05) is 12.8 Å². The lowest BCUT2D eigenvalue weighted by atomic mass is 10.2. The second kappa shape index (κ2) is 5.40. The van der Waals surface area contributed by atoms with Crippen LogP contribution in [0.25, 0.3) is 5.65 Å². The van der Waals surface area contributed by atoms with Crippen molar-refractivity contribution in [1.29, 1.82) is 0 Å². The second-order valence-electron chi connectivity index (χ2n) is 5.03. The number of anilines is 1. The van der Waals surface area contributed by atoms with Crippen molar-refractivity contribution in [3.63, 3.8) is 0 Å². The Hall–Kier alpha value is -1.63. The minimum absolute atomic E-state index is 0.116. The monoisotopic (exact) mass is 338 g/mol. The van der Waals surface area contributed by atoms with E-state index in [1.54, 1.807) is 4.52 Å². The maximum absolute atomic E-state index is 10.8. The summed E-state index contributed by atoms with van der Waals surface area (Å²) in [7, 11) is 0. The molecule has 2 aromatic rings. The third-order valence-electron chi connectivity index (χ3n) is 3.51. The number of carbonyl (C=O) groups is 1. The molecule has 7 heteroatoms. The molecule has 0 unspecified atom stereocenters. The van der Waals surface area contributed by atoms with Crippen LogP contribution in [0, 0.1) is 0 Å². The van der Waals surface area contributed by atoms with Crippen LogP contribution in [0.15, 0.2) is 16.7 Å². The van der Waals surface area contributed by atoms with Gasteiger partial charge >= 0.3 is 5.97 Å². The molecular weight excluding hydrogens is 324 g/mol. The zero-order valence-corrected chi connectivity index (χ0v) is 12.4. The van der Waals surface area contributed by atoms with Gasteiger partial charge in [0.2, 0.25) is 0 Å². The number of carboxylic acids is 1. The molecule has 0 radical (unpaired) electrons. The highest BCUT2D eigenvalue weighted by Crippen LogP contribution is 2.23. The number of imidazole rings is 1. The summed E-state index contributed by atoms with van der Waals surface area (Å²) >= 11 is 3.37. The summed E-state index contributed by atoms with van der Waals surface area (Å²) in [6.07, 6.45) is 4.76. The fraction of sp³-hybridized carbons (Fsp3) is 0.462. The van der Waals surface area contributed by atoms with Crippen LogP contribution in [-0.2, 0) is 11.2 Å². The zero-order valence-electron chi connectivity index (χ0n) is 10.8. The van der Waals surface area contributed by atoms with Crippen molar-refractivity contribution in [2.75, 3.05) is 5.32 Å². The van der Waals surface area contributed by atoms with Gasteiger partial charge < -0.3 is 10.4 Å². The highest BCUT2D eigenvalue weighted by atomic mass is 79.9. The highest BCUT2D eigenvalue weighted by Gasteiger charge is 2.17. The third kappa shape index (κ3) is 2.63. The van der Waals surface area contributed by atoms with Gasteiger partial charge in [-0.2, -0.15) is 0 Å². The Balaban J connectivity index is 1.89. The molecule has 2 aromatic heterocycles. The van der Waals surface area contributed by atoms with Crippen LogP contribution in [0.4, 0.5) is 5.82 Å². The van der Waals surface area contributed by atoms with Crippen LogP contribution in [0.5, 0.6) is 0 Å². The van der Waals surface area contributed by atoms with Crippen LogP contribution in [0.1, 0.15) is 31.4 Å². The van der Waals surface area contributed by atoms with Crippen molar-refractivity contribution >= 4 is 33.4 Å². The van der Waals surface area contributed by atoms with Crippen molar-refractivity contribution in [2.24, 2.45) is 0 Å². The van der Waals surface area contributed by atoms with Crippen molar-refractivity contribution < 1.29 is 9.90 Å². The molecule has 1 fully saturated rings. The lowest BCUT2D eigenvalue weighted by Crippen LogP contribution is -2.16. The number of nitrogens with one attached hydrogen (secondary N) is 1.